The first-order chi connectivity index (χ1) is 12.2. The Morgan fingerprint density at radius 1 is 1.16 bits per heavy atom. The standard InChI is InChI=1S/C18H29N7/c1-3-16-11-17(25-18(21-16)19-14-20-25)24-9-7-23(8-10-24)13-15-5-4-6-22(2)12-15/h11,14-15H,3-10,12-13H2,1-2H3/t15-/m0/s1. The third kappa shape index (κ3) is 3.62. The van der Waals surface area contributed by atoms with Crippen molar-refractivity contribution in [2.45, 2.75) is 26.2 Å². The van der Waals surface area contributed by atoms with Crippen molar-refractivity contribution in [2.24, 2.45) is 5.92 Å². The average molecular weight is 343 g/mol. The normalized spacial score (nSPS) is 23.4. The fourth-order valence-corrected chi connectivity index (χ4v) is 4.20. The fourth-order valence-electron chi connectivity index (χ4n) is 4.20. The first-order valence-electron chi connectivity index (χ1n) is 9.58. The van der Waals surface area contributed by atoms with Crippen LogP contribution in [0, 0.1) is 5.92 Å². The zero-order valence-corrected chi connectivity index (χ0v) is 15.4. The molecule has 2 aliphatic rings. The monoisotopic (exact) mass is 343 g/mol. The summed E-state index contributed by atoms with van der Waals surface area (Å²) in [5.74, 6) is 2.68. The van der Waals surface area contributed by atoms with E-state index in [9.17, 15) is 0 Å². The number of likely N-dealkylation sites (tertiary alicyclic amines) is 1. The third-order valence-corrected chi connectivity index (χ3v) is 5.58. The summed E-state index contributed by atoms with van der Waals surface area (Å²) in [6.07, 6.45) is 5.25. The van der Waals surface area contributed by atoms with Gasteiger partial charge in [0.1, 0.15) is 12.1 Å². The van der Waals surface area contributed by atoms with E-state index in [1.807, 2.05) is 4.52 Å². The van der Waals surface area contributed by atoms with E-state index in [1.165, 1.54) is 32.5 Å². The van der Waals surface area contributed by atoms with Crippen molar-refractivity contribution in [1.29, 1.82) is 0 Å². The van der Waals surface area contributed by atoms with Crippen LogP contribution in [0.15, 0.2) is 12.4 Å². The van der Waals surface area contributed by atoms with Gasteiger partial charge in [-0.25, -0.2) is 4.98 Å². The van der Waals surface area contributed by atoms with Crippen LogP contribution >= 0.6 is 0 Å². The maximum absolute atomic E-state index is 4.56. The second kappa shape index (κ2) is 7.25. The van der Waals surface area contributed by atoms with Crippen LogP contribution in [-0.2, 0) is 6.42 Å². The molecule has 2 saturated heterocycles. The number of rotatable bonds is 4. The number of hydrogen-bond donors (Lipinski definition) is 0. The van der Waals surface area contributed by atoms with Crippen molar-refractivity contribution in [3.63, 3.8) is 0 Å². The topological polar surface area (TPSA) is 52.8 Å². The van der Waals surface area contributed by atoms with Crippen molar-refractivity contribution in [1.82, 2.24) is 29.4 Å². The molecule has 2 aromatic heterocycles. The van der Waals surface area contributed by atoms with Gasteiger partial charge < -0.3 is 9.80 Å². The molecule has 25 heavy (non-hydrogen) atoms. The summed E-state index contributed by atoms with van der Waals surface area (Å²) in [6, 6.07) is 2.17. The van der Waals surface area contributed by atoms with E-state index in [2.05, 4.69) is 49.8 Å². The molecule has 2 aliphatic heterocycles. The number of fused-ring (bicyclic) bond motifs is 1. The Balaban J connectivity index is 1.41. The third-order valence-electron chi connectivity index (χ3n) is 5.58. The first-order valence-corrected chi connectivity index (χ1v) is 9.58. The molecule has 0 aromatic carbocycles. The number of piperidine rings is 1. The van der Waals surface area contributed by atoms with Gasteiger partial charge in [0.25, 0.3) is 5.78 Å². The summed E-state index contributed by atoms with van der Waals surface area (Å²) in [5, 5.41) is 4.37. The lowest BCUT2D eigenvalue weighted by Crippen LogP contribution is -2.49. The van der Waals surface area contributed by atoms with Gasteiger partial charge in [-0.3, -0.25) is 4.90 Å². The summed E-state index contributed by atoms with van der Waals surface area (Å²) in [5.41, 5.74) is 1.09. The Kier molecular flexibility index (Phi) is 4.85. The molecule has 0 amide bonds. The maximum atomic E-state index is 4.56. The smallest absolute Gasteiger partial charge is 0.254 e. The molecule has 0 spiro atoms. The highest BCUT2D eigenvalue weighted by Gasteiger charge is 2.24. The highest BCUT2D eigenvalue weighted by Crippen LogP contribution is 2.21. The van der Waals surface area contributed by atoms with Crippen LogP contribution < -0.4 is 4.90 Å². The van der Waals surface area contributed by atoms with Crippen LogP contribution in [0.1, 0.15) is 25.5 Å². The zero-order chi connectivity index (χ0) is 17.2. The van der Waals surface area contributed by atoms with E-state index in [0.29, 0.717) is 5.78 Å². The number of hydrogen-bond acceptors (Lipinski definition) is 6. The molecule has 0 unspecified atom stereocenters. The summed E-state index contributed by atoms with van der Waals surface area (Å²) >= 11 is 0. The lowest BCUT2D eigenvalue weighted by Gasteiger charge is -2.39. The molecule has 1 atom stereocenters. The van der Waals surface area contributed by atoms with Gasteiger partial charge >= 0.3 is 0 Å². The van der Waals surface area contributed by atoms with Crippen molar-refractivity contribution in [2.75, 3.05) is 57.8 Å². The number of aryl methyl sites for hydroxylation is 1. The van der Waals surface area contributed by atoms with Gasteiger partial charge in [-0.15, -0.1) is 0 Å². The molecule has 0 bridgehead atoms. The lowest BCUT2D eigenvalue weighted by molar-refractivity contribution is 0.147. The molecule has 7 nitrogen and oxygen atoms in total. The fraction of sp³-hybridized carbons (Fsp3) is 0.722. The molecular weight excluding hydrogens is 314 g/mol. The minimum absolute atomic E-state index is 0.710. The molecule has 4 heterocycles. The second-order valence-electron chi connectivity index (χ2n) is 7.49. The Bertz CT molecular complexity index is 705. The van der Waals surface area contributed by atoms with Crippen molar-refractivity contribution < 1.29 is 0 Å². The SMILES string of the molecule is CCc1cc(N2CCN(C[C@H]3CCCN(C)C3)CC2)n2ncnc2n1. The highest BCUT2D eigenvalue weighted by molar-refractivity contribution is 5.47. The van der Waals surface area contributed by atoms with Crippen molar-refractivity contribution in [3.05, 3.63) is 18.1 Å². The highest BCUT2D eigenvalue weighted by atomic mass is 15.4. The van der Waals surface area contributed by atoms with E-state index in [1.54, 1.807) is 6.33 Å². The Labute approximate surface area is 149 Å². The van der Waals surface area contributed by atoms with Crippen LogP contribution in [0.3, 0.4) is 0 Å². The zero-order valence-electron chi connectivity index (χ0n) is 15.4. The predicted octanol–water partition coefficient (Wildman–Crippen LogP) is 1.15. The van der Waals surface area contributed by atoms with Gasteiger partial charge in [-0.2, -0.15) is 14.6 Å². The molecule has 0 saturated carbocycles. The molecule has 4 rings (SSSR count). The van der Waals surface area contributed by atoms with Crippen LogP contribution in [0.4, 0.5) is 5.82 Å². The number of anilines is 1. The lowest BCUT2D eigenvalue weighted by atomic mass is 9.97. The number of piperazine rings is 1. The van der Waals surface area contributed by atoms with E-state index in [0.717, 1.165) is 50.0 Å². The predicted molar refractivity (Wildman–Crippen MR) is 99.0 cm³/mol. The second-order valence-corrected chi connectivity index (χ2v) is 7.49. The molecule has 0 aliphatic carbocycles. The van der Waals surface area contributed by atoms with Crippen LogP contribution in [-0.4, -0.2) is 82.2 Å². The Hall–Kier alpha value is -1.73. The Morgan fingerprint density at radius 2 is 2.00 bits per heavy atom. The molecule has 0 radical (unpaired) electrons. The first kappa shape index (κ1) is 16.7. The van der Waals surface area contributed by atoms with Gasteiger partial charge in [0, 0.05) is 51.0 Å². The maximum Gasteiger partial charge on any atom is 0.254 e. The van der Waals surface area contributed by atoms with Gasteiger partial charge in [0.05, 0.1) is 0 Å². The molecule has 2 aromatic rings. The number of aromatic nitrogens is 4. The van der Waals surface area contributed by atoms with E-state index < -0.39 is 0 Å². The van der Waals surface area contributed by atoms with E-state index in [4.69, 9.17) is 0 Å². The molecular formula is C18H29N7. The van der Waals surface area contributed by atoms with Gasteiger partial charge in [-0.05, 0) is 38.8 Å². The summed E-state index contributed by atoms with van der Waals surface area (Å²) in [6.45, 7) is 10.2. The van der Waals surface area contributed by atoms with Crippen molar-refractivity contribution in [3.8, 4) is 0 Å². The quantitative estimate of drug-likeness (QED) is 0.830. The van der Waals surface area contributed by atoms with Gasteiger partial charge in [-0.1, -0.05) is 6.92 Å². The molecule has 7 heteroatoms. The largest absolute Gasteiger partial charge is 0.354 e. The summed E-state index contributed by atoms with van der Waals surface area (Å²) in [4.78, 5) is 16.4. The van der Waals surface area contributed by atoms with E-state index >= 15 is 0 Å². The minimum atomic E-state index is 0.710. The summed E-state index contributed by atoms with van der Waals surface area (Å²) < 4.78 is 1.88. The van der Waals surface area contributed by atoms with Crippen LogP contribution in [0.2, 0.25) is 0 Å². The van der Waals surface area contributed by atoms with Crippen LogP contribution in [0.5, 0.6) is 0 Å². The van der Waals surface area contributed by atoms with Crippen LogP contribution in [0.25, 0.3) is 5.78 Å². The Morgan fingerprint density at radius 3 is 2.76 bits per heavy atom. The summed E-state index contributed by atoms with van der Waals surface area (Å²) in [7, 11) is 2.25. The molecule has 136 valence electrons. The average Bonchev–Trinajstić information content (AvgIpc) is 3.10. The van der Waals surface area contributed by atoms with Crippen molar-refractivity contribution >= 4 is 11.6 Å². The number of nitrogens with zero attached hydrogens (tertiary/aromatic N) is 7. The van der Waals surface area contributed by atoms with Gasteiger partial charge in [0.2, 0.25) is 0 Å². The van der Waals surface area contributed by atoms with Gasteiger partial charge in [0.15, 0.2) is 0 Å². The molecule has 2 fully saturated rings. The molecule has 0 N–H and O–H groups in total. The van der Waals surface area contributed by atoms with E-state index in [-0.39, 0.29) is 0 Å². The minimum Gasteiger partial charge on any atom is -0.354 e.